The van der Waals surface area contributed by atoms with Crippen LogP contribution in [-0.4, -0.2) is 73.2 Å². The van der Waals surface area contributed by atoms with E-state index >= 15 is 0 Å². The highest BCUT2D eigenvalue weighted by Crippen LogP contribution is 2.20. The van der Waals surface area contributed by atoms with E-state index in [0.717, 1.165) is 70.9 Å². The molecule has 0 amide bonds. The molecule has 0 bridgehead atoms. The van der Waals surface area contributed by atoms with Crippen LogP contribution in [0.5, 0.6) is 0 Å². The molecule has 0 aromatic heterocycles. The van der Waals surface area contributed by atoms with Crippen molar-refractivity contribution >= 4 is 11.9 Å². The molecule has 1 saturated heterocycles. The van der Waals surface area contributed by atoms with Crippen LogP contribution in [0.15, 0.2) is 0 Å². The Hall–Kier alpha value is -1.14. The van der Waals surface area contributed by atoms with Crippen LogP contribution in [0.2, 0.25) is 0 Å². The van der Waals surface area contributed by atoms with E-state index in [1.165, 1.54) is 161 Å². The minimum absolute atomic E-state index is 0.0500. The van der Waals surface area contributed by atoms with E-state index in [2.05, 4.69) is 37.5 Å². The molecule has 1 rings (SSSR count). The Morgan fingerprint density at radius 3 is 1.13 bits per heavy atom. The maximum atomic E-state index is 13.3. The first-order valence-electron chi connectivity index (χ1n) is 24.4. The Balaban J connectivity index is 2.70. The van der Waals surface area contributed by atoms with Gasteiger partial charge in [-0.2, -0.15) is 0 Å². The number of esters is 2. The summed E-state index contributed by atoms with van der Waals surface area (Å²) in [6.07, 6.45) is 40.2. The van der Waals surface area contributed by atoms with Gasteiger partial charge in [-0.25, -0.2) is 0 Å². The molecule has 54 heavy (non-hydrogen) atoms. The van der Waals surface area contributed by atoms with Crippen LogP contribution in [-0.2, 0) is 19.1 Å². The summed E-state index contributed by atoms with van der Waals surface area (Å²) in [5, 5.41) is 0. The molecule has 0 spiro atoms. The van der Waals surface area contributed by atoms with Crippen LogP contribution >= 0.6 is 0 Å². The number of ether oxygens (including phenoxy) is 2. The molecular weight excluding hydrogens is 669 g/mol. The molecule has 1 aliphatic heterocycles. The lowest BCUT2D eigenvalue weighted by molar-refractivity contribution is -0.150. The summed E-state index contributed by atoms with van der Waals surface area (Å²) >= 11 is 0. The SMILES string of the molecule is CCCCCCCCC(CCCCCCCC)OC(=O)CCN(CCCCN1CCCC1)CCC(=O)OC(CCCCCCCC)CCCCCCCC. The Kier molecular flexibility index (Phi) is 36.5. The molecule has 1 heterocycles. The Labute approximate surface area is 337 Å². The van der Waals surface area contributed by atoms with Crippen molar-refractivity contribution in [1.29, 1.82) is 0 Å². The predicted molar refractivity (Wildman–Crippen MR) is 232 cm³/mol. The van der Waals surface area contributed by atoms with Crippen LogP contribution in [0.4, 0.5) is 0 Å². The van der Waals surface area contributed by atoms with E-state index in [0.29, 0.717) is 25.9 Å². The molecule has 0 aliphatic carbocycles. The topological polar surface area (TPSA) is 59.1 Å². The van der Waals surface area contributed by atoms with Gasteiger partial charge in [0.05, 0.1) is 12.8 Å². The minimum Gasteiger partial charge on any atom is -0.462 e. The third-order valence-electron chi connectivity index (χ3n) is 11.8. The van der Waals surface area contributed by atoms with E-state index in [1.54, 1.807) is 0 Å². The average Bonchev–Trinajstić information content (AvgIpc) is 3.70. The van der Waals surface area contributed by atoms with Crippen molar-refractivity contribution in [2.45, 2.75) is 258 Å². The fourth-order valence-electron chi connectivity index (χ4n) is 8.13. The van der Waals surface area contributed by atoms with Gasteiger partial charge in [-0.05, 0) is 103 Å². The van der Waals surface area contributed by atoms with Crippen LogP contribution in [0, 0.1) is 0 Å². The first-order chi connectivity index (χ1) is 26.5. The Morgan fingerprint density at radius 1 is 0.444 bits per heavy atom. The van der Waals surface area contributed by atoms with Gasteiger partial charge in [0.25, 0.3) is 0 Å². The smallest absolute Gasteiger partial charge is 0.307 e. The van der Waals surface area contributed by atoms with E-state index in [-0.39, 0.29) is 24.1 Å². The molecule has 0 aromatic rings. The third kappa shape index (κ3) is 32.0. The van der Waals surface area contributed by atoms with Gasteiger partial charge < -0.3 is 19.3 Å². The minimum atomic E-state index is -0.0560. The Morgan fingerprint density at radius 2 is 0.778 bits per heavy atom. The van der Waals surface area contributed by atoms with E-state index < -0.39 is 0 Å². The second-order valence-corrected chi connectivity index (χ2v) is 17.0. The zero-order valence-corrected chi connectivity index (χ0v) is 37.0. The van der Waals surface area contributed by atoms with Gasteiger partial charge in [0.1, 0.15) is 12.2 Å². The van der Waals surface area contributed by atoms with Crippen molar-refractivity contribution in [1.82, 2.24) is 9.80 Å². The number of carbonyl (C=O) groups is 2. The van der Waals surface area contributed by atoms with Crippen molar-refractivity contribution < 1.29 is 19.1 Å². The van der Waals surface area contributed by atoms with Crippen molar-refractivity contribution in [3.8, 4) is 0 Å². The maximum absolute atomic E-state index is 13.3. The first kappa shape index (κ1) is 50.9. The number of hydrogen-bond acceptors (Lipinski definition) is 6. The third-order valence-corrected chi connectivity index (χ3v) is 11.8. The molecule has 1 aliphatic rings. The summed E-state index contributed by atoms with van der Waals surface area (Å²) < 4.78 is 12.4. The monoisotopic (exact) mass is 763 g/mol. The lowest BCUT2D eigenvalue weighted by Gasteiger charge is -2.24. The molecule has 0 N–H and O–H groups in total. The van der Waals surface area contributed by atoms with Gasteiger partial charge in [0.15, 0.2) is 0 Å². The summed E-state index contributed by atoms with van der Waals surface area (Å²) in [7, 11) is 0. The highest BCUT2D eigenvalue weighted by Gasteiger charge is 2.19. The fraction of sp³-hybridized carbons (Fsp3) is 0.958. The van der Waals surface area contributed by atoms with E-state index in [4.69, 9.17) is 9.47 Å². The number of likely N-dealkylation sites (tertiary alicyclic amines) is 1. The summed E-state index contributed by atoms with van der Waals surface area (Å²) in [6, 6.07) is 0. The largest absolute Gasteiger partial charge is 0.462 e. The van der Waals surface area contributed by atoms with Crippen LogP contribution in [0.1, 0.15) is 246 Å². The molecule has 0 unspecified atom stereocenters. The fourth-order valence-corrected chi connectivity index (χ4v) is 8.13. The summed E-state index contributed by atoms with van der Waals surface area (Å²) in [5.41, 5.74) is 0. The van der Waals surface area contributed by atoms with Crippen molar-refractivity contribution in [3.05, 3.63) is 0 Å². The second kappa shape index (κ2) is 38.7. The highest BCUT2D eigenvalue weighted by atomic mass is 16.5. The van der Waals surface area contributed by atoms with Gasteiger partial charge in [-0.15, -0.1) is 0 Å². The molecule has 6 heteroatoms. The molecule has 0 radical (unpaired) electrons. The number of nitrogens with zero attached hydrogens (tertiary/aromatic N) is 2. The second-order valence-electron chi connectivity index (χ2n) is 17.0. The zero-order chi connectivity index (χ0) is 39.2. The van der Waals surface area contributed by atoms with Crippen molar-refractivity contribution in [2.24, 2.45) is 0 Å². The molecule has 320 valence electrons. The average molecular weight is 763 g/mol. The van der Waals surface area contributed by atoms with E-state index in [9.17, 15) is 9.59 Å². The normalized spacial score (nSPS) is 13.5. The number of hydrogen-bond donors (Lipinski definition) is 0. The lowest BCUT2D eigenvalue weighted by Crippen LogP contribution is -2.32. The molecular formula is C48H94N2O4. The highest BCUT2D eigenvalue weighted by molar-refractivity contribution is 5.70. The number of unbranched alkanes of at least 4 members (excludes halogenated alkanes) is 21. The van der Waals surface area contributed by atoms with Gasteiger partial charge in [-0.1, -0.05) is 156 Å². The van der Waals surface area contributed by atoms with Crippen LogP contribution in [0.3, 0.4) is 0 Å². The molecule has 1 fully saturated rings. The number of rotatable bonds is 41. The van der Waals surface area contributed by atoms with Crippen molar-refractivity contribution in [2.75, 3.05) is 39.3 Å². The van der Waals surface area contributed by atoms with Gasteiger partial charge in [-0.3, -0.25) is 9.59 Å². The van der Waals surface area contributed by atoms with Crippen LogP contribution < -0.4 is 0 Å². The quantitative estimate of drug-likeness (QED) is 0.0457. The predicted octanol–water partition coefficient (Wildman–Crippen LogP) is 13.8. The van der Waals surface area contributed by atoms with Crippen LogP contribution in [0.25, 0.3) is 0 Å². The van der Waals surface area contributed by atoms with Gasteiger partial charge in [0, 0.05) is 13.1 Å². The molecule has 6 nitrogen and oxygen atoms in total. The summed E-state index contributed by atoms with van der Waals surface area (Å²) in [4.78, 5) is 31.6. The zero-order valence-electron chi connectivity index (χ0n) is 37.0. The molecule has 0 atom stereocenters. The number of carbonyl (C=O) groups excluding carboxylic acids is 2. The van der Waals surface area contributed by atoms with Crippen molar-refractivity contribution in [3.63, 3.8) is 0 Å². The first-order valence-corrected chi connectivity index (χ1v) is 24.4. The summed E-state index contributed by atoms with van der Waals surface area (Å²) in [5.74, 6) is -0.112. The van der Waals surface area contributed by atoms with E-state index in [1.807, 2.05) is 0 Å². The Bertz CT molecular complexity index is 731. The van der Waals surface area contributed by atoms with Gasteiger partial charge in [0.2, 0.25) is 0 Å². The lowest BCUT2D eigenvalue weighted by atomic mass is 10.0. The maximum Gasteiger partial charge on any atom is 0.307 e. The molecule has 0 saturated carbocycles. The summed E-state index contributed by atoms with van der Waals surface area (Å²) in [6.45, 7) is 14.9. The van der Waals surface area contributed by atoms with Gasteiger partial charge >= 0.3 is 11.9 Å². The standard InChI is InChI=1S/C48H94N2O4/c1-5-9-13-17-21-25-33-45(34-26-22-18-14-10-6-2)53-47(51)37-43-50(42-32-31-41-49-39-29-30-40-49)44-38-48(52)54-46(35-27-23-19-15-11-7-3)36-28-24-20-16-12-8-4/h45-46H,5-44H2,1-4H3. The molecule has 0 aromatic carbocycles.